The van der Waals surface area contributed by atoms with Crippen LogP contribution in [0.3, 0.4) is 0 Å². The Bertz CT molecular complexity index is 907. The van der Waals surface area contributed by atoms with Crippen LogP contribution in [0.25, 0.3) is 16.7 Å². The third-order valence-electron chi connectivity index (χ3n) is 4.35. The van der Waals surface area contributed by atoms with Gasteiger partial charge in [-0.1, -0.05) is 18.2 Å². The van der Waals surface area contributed by atoms with E-state index in [-0.39, 0.29) is 5.56 Å². The number of rotatable bonds is 5. The number of para-hydroxylation sites is 1. The Labute approximate surface area is 142 Å². The van der Waals surface area contributed by atoms with Crippen molar-refractivity contribution in [3.05, 3.63) is 58.0 Å². The average molecular weight is 325 g/mol. The van der Waals surface area contributed by atoms with Crippen molar-refractivity contribution in [1.29, 1.82) is 0 Å². The highest BCUT2D eigenvalue weighted by Gasteiger charge is 2.16. The van der Waals surface area contributed by atoms with Crippen LogP contribution in [0.15, 0.2) is 41.2 Å². The van der Waals surface area contributed by atoms with Crippen LogP contribution in [0.1, 0.15) is 17.7 Å². The molecule has 0 aliphatic heterocycles. The number of fused-ring (bicyclic) bond motifs is 1. The van der Waals surface area contributed by atoms with E-state index >= 15 is 0 Å². The second-order valence-electron chi connectivity index (χ2n) is 6.66. The Morgan fingerprint density at radius 3 is 2.50 bits per heavy atom. The number of hydrogen-bond donors (Lipinski definition) is 1. The van der Waals surface area contributed by atoms with Crippen molar-refractivity contribution in [2.24, 2.45) is 0 Å². The average Bonchev–Trinajstić information content (AvgIpc) is 2.89. The van der Waals surface area contributed by atoms with Crippen LogP contribution in [-0.4, -0.2) is 35.0 Å². The Hall–Kier alpha value is -2.40. The van der Waals surface area contributed by atoms with Crippen molar-refractivity contribution >= 4 is 11.0 Å². The summed E-state index contributed by atoms with van der Waals surface area (Å²) in [5.74, 6) is 0. The third-order valence-corrected chi connectivity index (χ3v) is 4.35. The van der Waals surface area contributed by atoms with Gasteiger partial charge in [0, 0.05) is 24.4 Å². The molecule has 1 aromatic carbocycles. The summed E-state index contributed by atoms with van der Waals surface area (Å²) in [4.78, 5) is 14.0. The van der Waals surface area contributed by atoms with Crippen LogP contribution in [0.5, 0.6) is 0 Å². The zero-order valence-electron chi connectivity index (χ0n) is 14.8. The SMILES string of the molecule is Cc1cc(=O)n(CCC[NH+](C)C)c2c1c(C)nn2-c1ccccc1. The highest BCUT2D eigenvalue weighted by atomic mass is 16.1. The molecule has 3 aromatic rings. The topological polar surface area (TPSA) is 44.3 Å². The molecule has 1 N–H and O–H groups in total. The van der Waals surface area contributed by atoms with E-state index in [0.29, 0.717) is 6.54 Å². The van der Waals surface area contributed by atoms with E-state index in [2.05, 4.69) is 14.1 Å². The molecule has 126 valence electrons. The van der Waals surface area contributed by atoms with E-state index in [1.807, 2.05) is 53.4 Å². The van der Waals surface area contributed by atoms with Gasteiger partial charge in [0.05, 0.1) is 32.0 Å². The van der Waals surface area contributed by atoms with Crippen molar-refractivity contribution in [3.63, 3.8) is 0 Å². The van der Waals surface area contributed by atoms with Crippen molar-refractivity contribution in [2.75, 3.05) is 20.6 Å². The molecule has 2 heterocycles. The summed E-state index contributed by atoms with van der Waals surface area (Å²) in [5, 5.41) is 5.80. The molecule has 0 saturated heterocycles. The molecule has 5 heteroatoms. The molecule has 0 aliphatic rings. The fourth-order valence-corrected chi connectivity index (χ4v) is 3.22. The van der Waals surface area contributed by atoms with Gasteiger partial charge < -0.3 is 4.90 Å². The minimum absolute atomic E-state index is 0.0471. The molecule has 0 bridgehead atoms. The summed E-state index contributed by atoms with van der Waals surface area (Å²) >= 11 is 0. The lowest BCUT2D eigenvalue weighted by Gasteiger charge is -2.13. The number of benzene rings is 1. The molecule has 3 rings (SSSR count). The second-order valence-corrected chi connectivity index (χ2v) is 6.66. The van der Waals surface area contributed by atoms with Crippen LogP contribution in [0.2, 0.25) is 0 Å². The molecule has 0 unspecified atom stereocenters. The van der Waals surface area contributed by atoms with E-state index in [9.17, 15) is 4.79 Å². The molecule has 0 atom stereocenters. The smallest absolute Gasteiger partial charge is 0.252 e. The van der Waals surface area contributed by atoms with Crippen molar-refractivity contribution in [3.8, 4) is 5.69 Å². The van der Waals surface area contributed by atoms with E-state index in [1.165, 1.54) is 4.90 Å². The maximum atomic E-state index is 12.6. The number of hydrogen-bond acceptors (Lipinski definition) is 2. The first-order valence-corrected chi connectivity index (χ1v) is 8.43. The predicted molar refractivity (Wildman–Crippen MR) is 97.1 cm³/mol. The maximum absolute atomic E-state index is 12.6. The van der Waals surface area contributed by atoms with Crippen molar-refractivity contribution < 1.29 is 4.90 Å². The maximum Gasteiger partial charge on any atom is 0.252 e. The van der Waals surface area contributed by atoms with E-state index in [4.69, 9.17) is 5.10 Å². The minimum atomic E-state index is 0.0471. The first-order chi connectivity index (χ1) is 11.5. The van der Waals surface area contributed by atoms with Gasteiger partial charge in [0.25, 0.3) is 5.56 Å². The Morgan fingerprint density at radius 2 is 1.83 bits per heavy atom. The summed E-state index contributed by atoms with van der Waals surface area (Å²) < 4.78 is 3.78. The van der Waals surface area contributed by atoms with Gasteiger partial charge in [0.2, 0.25) is 0 Å². The van der Waals surface area contributed by atoms with Crippen LogP contribution >= 0.6 is 0 Å². The van der Waals surface area contributed by atoms with Crippen LogP contribution in [0, 0.1) is 13.8 Å². The van der Waals surface area contributed by atoms with Gasteiger partial charge >= 0.3 is 0 Å². The molecule has 0 radical (unpaired) electrons. The number of nitrogens with zero attached hydrogens (tertiary/aromatic N) is 3. The highest BCUT2D eigenvalue weighted by Crippen LogP contribution is 2.23. The molecule has 0 aliphatic carbocycles. The number of nitrogens with one attached hydrogen (secondary N) is 1. The first-order valence-electron chi connectivity index (χ1n) is 8.43. The molecular weight excluding hydrogens is 300 g/mol. The van der Waals surface area contributed by atoms with E-state index in [0.717, 1.165) is 40.9 Å². The van der Waals surface area contributed by atoms with Crippen molar-refractivity contribution in [2.45, 2.75) is 26.8 Å². The van der Waals surface area contributed by atoms with E-state index in [1.54, 1.807) is 6.07 Å². The summed E-state index contributed by atoms with van der Waals surface area (Å²) in [6.45, 7) is 5.73. The molecule has 2 aromatic heterocycles. The monoisotopic (exact) mass is 325 g/mol. The zero-order chi connectivity index (χ0) is 17.3. The molecule has 0 spiro atoms. The van der Waals surface area contributed by atoms with Gasteiger partial charge in [-0.3, -0.25) is 9.36 Å². The highest BCUT2D eigenvalue weighted by molar-refractivity contribution is 5.83. The summed E-state index contributed by atoms with van der Waals surface area (Å²) in [6, 6.07) is 11.7. The summed E-state index contributed by atoms with van der Waals surface area (Å²) in [5.41, 5.74) is 3.87. The Balaban J connectivity index is 2.21. The zero-order valence-corrected chi connectivity index (χ0v) is 14.8. The molecule has 0 fully saturated rings. The Morgan fingerprint density at radius 1 is 1.12 bits per heavy atom. The van der Waals surface area contributed by atoms with Crippen LogP contribution in [-0.2, 0) is 6.54 Å². The normalized spacial score (nSPS) is 11.5. The van der Waals surface area contributed by atoms with Gasteiger partial charge in [-0.15, -0.1) is 0 Å². The summed E-state index contributed by atoms with van der Waals surface area (Å²) in [7, 11) is 4.26. The number of quaternary nitrogens is 1. The lowest BCUT2D eigenvalue weighted by molar-refractivity contribution is -0.858. The fourth-order valence-electron chi connectivity index (χ4n) is 3.22. The number of aryl methyl sites for hydroxylation is 3. The first kappa shape index (κ1) is 16.5. The Kier molecular flexibility index (Phi) is 4.53. The van der Waals surface area contributed by atoms with Gasteiger partial charge in [-0.05, 0) is 31.5 Å². The van der Waals surface area contributed by atoms with Crippen LogP contribution < -0.4 is 10.5 Å². The minimum Gasteiger partial charge on any atom is -0.340 e. The molecular formula is C19H25N4O+. The second kappa shape index (κ2) is 6.61. The molecule has 0 amide bonds. The van der Waals surface area contributed by atoms with Crippen molar-refractivity contribution in [1.82, 2.24) is 14.3 Å². The quantitative estimate of drug-likeness (QED) is 0.769. The lowest BCUT2D eigenvalue weighted by atomic mass is 10.1. The summed E-state index contributed by atoms with van der Waals surface area (Å²) in [6.07, 6.45) is 0.958. The van der Waals surface area contributed by atoms with Gasteiger partial charge in [0.15, 0.2) is 0 Å². The van der Waals surface area contributed by atoms with E-state index < -0.39 is 0 Å². The largest absolute Gasteiger partial charge is 0.340 e. The van der Waals surface area contributed by atoms with Crippen LogP contribution in [0.4, 0.5) is 0 Å². The molecule has 0 saturated carbocycles. The van der Waals surface area contributed by atoms with Gasteiger partial charge in [0.1, 0.15) is 5.65 Å². The third kappa shape index (κ3) is 2.99. The fraction of sp³-hybridized carbons (Fsp3) is 0.368. The standard InChI is InChI=1S/C19H24N4O/c1-14-13-17(24)22(12-8-11-21(3)4)19-18(14)15(2)20-23(19)16-9-6-5-7-10-16/h5-7,9-10,13H,8,11-12H2,1-4H3/p+1. The molecule has 24 heavy (non-hydrogen) atoms. The van der Waals surface area contributed by atoms with Gasteiger partial charge in [-0.2, -0.15) is 5.10 Å². The molecule has 5 nitrogen and oxygen atoms in total. The number of aromatic nitrogens is 3. The number of pyridine rings is 1. The lowest BCUT2D eigenvalue weighted by Crippen LogP contribution is -3.05. The predicted octanol–water partition coefficient (Wildman–Crippen LogP) is 1.34. The van der Waals surface area contributed by atoms with Gasteiger partial charge in [-0.25, -0.2) is 4.68 Å².